The van der Waals surface area contributed by atoms with Crippen molar-refractivity contribution in [1.29, 1.82) is 0 Å². The highest BCUT2D eigenvalue weighted by molar-refractivity contribution is 5.93. The third-order valence-corrected chi connectivity index (χ3v) is 3.44. The van der Waals surface area contributed by atoms with Gasteiger partial charge in [-0.1, -0.05) is 12.1 Å². The van der Waals surface area contributed by atoms with Crippen molar-refractivity contribution < 1.29 is 8.78 Å². The number of benzene rings is 2. The highest BCUT2D eigenvalue weighted by Gasteiger charge is 2.10. The molecule has 0 aliphatic heterocycles. The van der Waals surface area contributed by atoms with Gasteiger partial charge < -0.3 is 5.32 Å². The highest BCUT2D eigenvalue weighted by atomic mass is 19.1. The molecule has 0 saturated heterocycles. The standard InChI is InChI=1S/C17H14F2N2/c1-11(13-7-14(18)9-15(19)8-13)21-17-4-2-3-12-10-20-6-5-16(12)17/h2-11,21H,1H3. The van der Waals surface area contributed by atoms with Crippen LogP contribution in [0.5, 0.6) is 0 Å². The number of nitrogens with one attached hydrogen (secondary N) is 1. The van der Waals surface area contributed by atoms with Crippen molar-refractivity contribution >= 4 is 16.5 Å². The first-order chi connectivity index (χ1) is 10.1. The van der Waals surface area contributed by atoms with Gasteiger partial charge in [0.15, 0.2) is 0 Å². The lowest BCUT2D eigenvalue weighted by atomic mass is 10.1. The summed E-state index contributed by atoms with van der Waals surface area (Å²) in [6, 6.07) is 11.1. The molecule has 0 aliphatic rings. The Labute approximate surface area is 121 Å². The van der Waals surface area contributed by atoms with Crippen LogP contribution < -0.4 is 5.32 Å². The van der Waals surface area contributed by atoms with Gasteiger partial charge in [-0.3, -0.25) is 4.98 Å². The molecule has 0 amide bonds. The van der Waals surface area contributed by atoms with Gasteiger partial charge in [0.25, 0.3) is 0 Å². The first-order valence-corrected chi connectivity index (χ1v) is 6.69. The Morgan fingerprint density at radius 1 is 1.05 bits per heavy atom. The number of hydrogen-bond acceptors (Lipinski definition) is 2. The van der Waals surface area contributed by atoms with Crippen LogP contribution in [0.2, 0.25) is 0 Å². The first-order valence-electron chi connectivity index (χ1n) is 6.69. The maximum Gasteiger partial charge on any atom is 0.126 e. The lowest BCUT2D eigenvalue weighted by molar-refractivity contribution is 0.577. The third-order valence-electron chi connectivity index (χ3n) is 3.44. The van der Waals surface area contributed by atoms with Gasteiger partial charge >= 0.3 is 0 Å². The Kier molecular flexibility index (Phi) is 3.52. The van der Waals surface area contributed by atoms with E-state index in [0.29, 0.717) is 5.56 Å². The summed E-state index contributed by atoms with van der Waals surface area (Å²) in [4.78, 5) is 4.09. The lowest BCUT2D eigenvalue weighted by Crippen LogP contribution is -2.07. The summed E-state index contributed by atoms with van der Waals surface area (Å²) in [6.07, 6.45) is 3.51. The van der Waals surface area contributed by atoms with Crippen LogP contribution in [0.4, 0.5) is 14.5 Å². The molecule has 0 aliphatic carbocycles. The molecule has 0 spiro atoms. The molecule has 4 heteroatoms. The van der Waals surface area contributed by atoms with Crippen LogP contribution in [0.25, 0.3) is 10.8 Å². The topological polar surface area (TPSA) is 24.9 Å². The van der Waals surface area contributed by atoms with E-state index < -0.39 is 11.6 Å². The van der Waals surface area contributed by atoms with Crippen molar-refractivity contribution in [3.05, 3.63) is 72.1 Å². The monoisotopic (exact) mass is 284 g/mol. The summed E-state index contributed by atoms with van der Waals surface area (Å²) < 4.78 is 26.6. The number of rotatable bonds is 3. The molecule has 3 rings (SSSR count). The largest absolute Gasteiger partial charge is 0.378 e. The Bertz CT molecular complexity index is 761. The summed E-state index contributed by atoms with van der Waals surface area (Å²) in [7, 11) is 0. The van der Waals surface area contributed by atoms with Crippen molar-refractivity contribution in [2.75, 3.05) is 5.32 Å². The number of pyridine rings is 1. The van der Waals surface area contributed by atoms with Gasteiger partial charge in [0.2, 0.25) is 0 Å². The Balaban J connectivity index is 1.94. The van der Waals surface area contributed by atoms with Crippen molar-refractivity contribution in [3.8, 4) is 0 Å². The summed E-state index contributed by atoms with van der Waals surface area (Å²) >= 11 is 0. The average Bonchev–Trinajstić information content (AvgIpc) is 2.46. The number of fused-ring (bicyclic) bond motifs is 1. The van der Waals surface area contributed by atoms with Crippen LogP contribution >= 0.6 is 0 Å². The van der Waals surface area contributed by atoms with E-state index in [4.69, 9.17) is 0 Å². The molecule has 1 aromatic heterocycles. The Morgan fingerprint density at radius 2 is 1.81 bits per heavy atom. The van der Waals surface area contributed by atoms with E-state index >= 15 is 0 Å². The average molecular weight is 284 g/mol. The SMILES string of the molecule is CC(Nc1cccc2cnccc12)c1cc(F)cc(F)c1. The van der Waals surface area contributed by atoms with E-state index in [0.717, 1.165) is 22.5 Å². The van der Waals surface area contributed by atoms with Crippen molar-refractivity contribution in [3.63, 3.8) is 0 Å². The van der Waals surface area contributed by atoms with E-state index in [1.54, 1.807) is 12.4 Å². The molecule has 1 unspecified atom stereocenters. The number of aromatic nitrogens is 1. The van der Waals surface area contributed by atoms with Gasteiger partial charge in [-0.2, -0.15) is 0 Å². The van der Waals surface area contributed by atoms with Gasteiger partial charge in [-0.25, -0.2) is 8.78 Å². The van der Waals surface area contributed by atoms with Crippen LogP contribution in [0.3, 0.4) is 0 Å². The van der Waals surface area contributed by atoms with Gasteiger partial charge in [0.05, 0.1) is 0 Å². The Hall–Kier alpha value is -2.49. The quantitative estimate of drug-likeness (QED) is 0.755. The van der Waals surface area contributed by atoms with Crippen LogP contribution in [-0.2, 0) is 0 Å². The maximum absolute atomic E-state index is 13.3. The van der Waals surface area contributed by atoms with E-state index in [1.165, 1.54) is 12.1 Å². The van der Waals surface area contributed by atoms with E-state index in [-0.39, 0.29) is 6.04 Å². The smallest absolute Gasteiger partial charge is 0.126 e. The second-order valence-corrected chi connectivity index (χ2v) is 4.97. The summed E-state index contributed by atoms with van der Waals surface area (Å²) in [6.45, 7) is 1.87. The van der Waals surface area contributed by atoms with E-state index in [9.17, 15) is 8.78 Å². The van der Waals surface area contributed by atoms with E-state index in [2.05, 4.69) is 10.3 Å². The molecule has 1 N–H and O–H groups in total. The van der Waals surface area contributed by atoms with Crippen LogP contribution in [0, 0.1) is 11.6 Å². The highest BCUT2D eigenvalue weighted by Crippen LogP contribution is 2.27. The molecule has 106 valence electrons. The molecule has 0 saturated carbocycles. The number of hydrogen-bond donors (Lipinski definition) is 1. The molecule has 21 heavy (non-hydrogen) atoms. The fraction of sp³-hybridized carbons (Fsp3) is 0.118. The minimum atomic E-state index is -0.569. The van der Waals surface area contributed by atoms with Crippen LogP contribution in [0.15, 0.2) is 54.9 Å². The molecule has 0 radical (unpaired) electrons. The predicted octanol–water partition coefficient (Wildman–Crippen LogP) is 4.69. The molecular weight excluding hydrogens is 270 g/mol. The molecule has 1 atom stereocenters. The summed E-state index contributed by atoms with van der Waals surface area (Å²) in [5.74, 6) is -1.14. The predicted molar refractivity (Wildman–Crippen MR) is 80.1 cm³/mol. The first kappa shape index (κ1) is 13.5. The zero-order valence-corrected chi connectivity index (χ0v) is 11.5. The van der Waals surface area contributed by atoms with Crippen LogP contribution in [0.1, 0.15) is 18.5 Å². The normalized spacial score (nSPS) is 12.3. The number of anilines is 1. The van der Waals surface area contributed by atoms with Gasteiger partial charge in [-0.05, 0) is 36.8 Å². The number of halogens is 2. The fourth-order valence-electron chi connectivity index (χ4n) is 2.39. The molecule has 0 fully saturated rings. The minimum absolute atomic E-state index is 0.214. The van der Waals surface area contributed by atoms with Crippen LogP contribution in [-0.4, -0.2) is 4.98 Å². The maximum atomic E-state index is 13.3. The van der Waals surface area contributed by atoms with Crippen molar-refractivity contribution in [2.45, 2.75) is 13.0 Å². The Morgan fingerprint density at radius 3 is 2.57 bits per heavy atom. The van der Waals surface area contributed by atoms with E-state index in [1.807, 2.05) is 31.2 Å². The molecule has 1 heterocycles. The van der Waals surface area contributed by atoms with Crippen molar-refractivity contribution in [2.24, 2.45) is 0 Å². The summed E-state index contributed by atoms with van der Waals surface area (Å²) in [5.41, 5.74) is 1.48. The lowest BCUT2D eigenvalue weighted by Gasteiger charge is -2.17. The second kappa shape index (κ2) is 5.48. The van der Waals surface area contributed by atoms with Crippen molar-refractivity contribution in [1.82, 2.24) is 4.98 Å². The molecule has 0 bridgehead atoms. The van der Waals surface area contributed by atoms with Gasteiger partial charge in [-0.15, -0.1) is 0 Å². The molecular formula is C17H14F2N2. The zero-order chi connectivity index (χ0) is 14.8. The molecule has 2 aromatic carbocycles. The number of nitrogens with zero attached hydrogens (tertiary/aromatic N) is 1. The minimum Gasteiger partial charge on any atom is -0.378 e. The second-order valence-electron chi connectivity index (χ2n) is 4.97. The zero-order valence-electron chi connectivity index (χ0n) is 11.5. The third kappa shape index (κ3) is 2.84. The molecule has 2 nitrogen and oxygen atoms in total. The fourth-order valence-corrected chi connectivity index (χ4v) is 2.39. The molecule has 3 aromatic rings. The summed E-state index contributed by atoms with van der Waals surface area (Å²) in [5, 5.41) is 5.33. The van der Waals surface area contributed by atoms with Gasteiger partial charge in [0.1, 0.15) is 11.6 Å². The van der Waals surface area contributed by atoms with Gasteiger partial charge in [0, 0.05) is 41.0 Å².